The number of ether oxygens (including phenoxy) is 1. The van der Waals surface area contributed by atoms with Gasteiger partial charge in [0.2, 0.25) is 5.91 Å². The molecule has 9 nitrogen and oxygen atoms in total. The summed E-state index contributed by atoms with van der Waals surface area (Å²) in [4.78, 5) is 32.4. The van der Waals surface area contributed by atoms with E-state index in [0.717, 1.165) is 56.0 Å². The van der Waals surface area contributed by atoms with E-state index in [1.54, 1.807) is 13.8 Å². The number of piperazine rings is 1. The Morgan fingerprint density at radius 2 is 1.74 bits per heavy atom. The van der Waals surface area contributed by atoms with Gasteiger partial charge in [-0.3, -0.25) is 24.8 Å². The fraction of sp³-hybridized carbons (Fsp3) is 0.517. The first-order valence-corrected chi connectivity index (χ1v) is 13.4. The highest BCUT2D eigenvalue weighted by molar-refractivity contribution is 6.03. The molecular weight excluding hydrogens is 520 g/mol. The average Bonchev–Trinajstić information content (AvgIpc) is 3.28. The van der Waals surface area contributed by atoms with Crippen molar-refractivity contribution in [2.24, 2.45) is 0 Å². The summed E-state index contributed by atoms with van der Waals surface area (Å²) < 4.78 is 4.75. The van der Waals surface area contributed by atoms with Gasteiger partial charge in [-0.2, -0.15) is 0 Å². The van der Waals surface area contributed by atoms with Crippen molar-refractivity contribution in [1.29, 1.82) is 0 Å². The second-order valence-corrected chi connectivity index (χ2v) is 10.3. The van der Waals surface area contributed by atoms with E-state index in [9.17, 15) is 9.59 Å². The normalized spacial score (nSPS) is 18.2. The van der Waals surface area contributed by atoms with Gasteiger partial charge in [0.15, 0.2) is 0 Å². The molecule has 3 heterocycles. The maximum atomic E-state index is 13.7. The Labute approximate surface area is 237 Å². The van der Waals surface area contributed by atoms with Crippen molar-refractivity contribution >= 4 is 41.5 Å². The number of hydrogen-bond acceptors (Lipinski definition) is 6. The van der Waals surface area contributed by atoms with E-state index in [4.69, 9.17) is 9.84 Å². The third-order valence-electron chi connectivity index (χ3n) is 7.22. The number of aliphatic hydroxyl groups is 1. The predicted octanol–water partition coefficient (Wildman–Crippen LogP) is 3.78. The zero-order valence-electron chi connectivity index (χ0n) is 23.2. The number of fused-ring (bicyclic) bond motifs is 3. The average molecular weight is 563 g/mol. The van der Waals surface area contributed by atoms with Crippen LogP contribution in [0.25, 0.3) is 0 Å². The maximum absolute atomic E-state index is 13.7. The summed E-state index contributed by atoms with van der Waals surface area (Å²) in [5.41, 5.74) is 4.69. The van der Waals surface area contributed by atoms with Crippen molar-refractivity contribution < 1.29 is 24.9 Å². The Hall–Kier alpha value is -2.69. The number of nitrogens with zero attached hydrogens (tertiary/aromatic N) is 3. The lowest BCUT2D eigenvalue weighted by atomic mass is 10.0. The van der Waals surface area contributed by atoms with E-state index in [2.05, 4.69) is 21.2 Å². The Kier molecular flexibility index (Phi) is 12.7. The molecule has 2 fully saturated rings. The molecule has 0 bridgehead atoms. The molecule has 1 unspecified atom stereocenters. The molecule has 0 saturated carbocycles. The first-order chi connectivity index (χ1) is 17.9. The maximum Gasteiger partial charge on any atom is 0.411 e. The minimum atomic E-state index is -0.520. The van der Waals surface area contributed by atoms with Crippen molar-refractivity contribution in [2.45, 2.75) is 58.1 Å². The summed E-state index contributed by atoms with van der Waals surface area (Å²) in [6.45, 7) is 8.65. The molecule has 0 aliphatic carbocycles. The molecular formula is C29H43ClN4O5. The van der Waals surface area contributed by atoms with Crippen LogP contribution >= 0.6 is 12.4 Å². The second-order valence-electron chi connectivity index (χ2n) is 10.3. The minimum absolute atomic E-state index is 0. The van der Waals surface area contributed by atoms with Crippen LogP contribution in [-0.4, -0.2) is 84.4 Å². The molecule has 4 N–H and O–H groups in total. The molecule has 5 rings (SSSR count). The Morgan fingerprint density at radius 3 is 2.46 bits per heavy atom. The largest absolute Gasteiger partial charge is 0.453 e. The number of aryl methyl sites for hydroxylation is 2. The first-order valence-electron chi connectivity index (χ1n) is 13.4. The number of amides is 2. The molecule has 0 aromatic heterocycles. The summed E-state index contributed by atoms with van der Waals surface area (Å²) in [6.07, 6.45) is 4.06. The molecule has 2 aromatic carbocycles. The highest BCUT2D eigenvalue weighted by atomic mass is 35.5. The van der Waals surface area contributed by atoms with Crippen molar-refractivity contribution in [1.82, 2.24) is 9.80 Å². The number of methoxy groups -OCH3 is 1. The molecule has 3 aliphatic heterocycles. The van der Waals surface area contributed by atoms with Gasteiger partial charge >= 0.3 is 6.09 Å². The lowest BCUT2D eigenvalue weighted by molar-refractivity contribution is -0.118. The summed E-state index contributed by atoms with van der Waals surface area (Å²) in [7, 11) is 1.34. The third kappa shape index (κ3) is 8.40. The Bertz CT molecular complexity index is 1100. The van der Waals surface area contributed by atoms with Crippen molar-refractivity contribution in [3.63, 3.8) is 0 Å². The standard InChI is InChI=1S/C26H32N4O3.C3H8O.ClH.H2O/c1-33-26(32)27-21-11-10-20-9-8-19-5-2-3-7-23(19)30(24(20)17-21)25(31)12-14-28-15-16-29-13-4-6-22(29)18-28;1-3(2)4;;/h2-3,5,7,10-11,17,22H,4,6,8-9,12-16,18H2,1H3,(H,27,32);3-4H,1-2H3;1H;1H2. The van der Waals surface area contributed by atoms with Gasteiger partial charge in [0.05, 0.1) is 18.5 Å². The molecule has 1 atom stereocenters. The van der Waals surface area contributed by atoms with Gasteiger partial charge in [-0.25, -0.2) is 4.79 Å². The number of carbonyl (C=O) groups excluding carboxylic acids is 2. The number of para-hydroxylation sites is 1. The number of rotatable bonds is 4. The van der Waals surface area contributed by atoms with Crippen LogP contribution in [0.2, 0.25) is 0 Å². The molecule has 2 saturated heterocycles. The quantitative estimate of drug-likeness (QED) is 0.585. The summed E-state index contributed by atoms with van der Waals surface area (Å²) >= 11 is 0. The second kappa shape index (κ2) is 15.2. The molecule has 0 spiro atoms. The van der Waals surface area contributed by atoms with Crippen LogP contribution in [0.5, 0.6) is 0 Å². The Balaban J connectivity index is 0.000000834. The fourth-order valence-electron chi connectivity index (χ4n) is 5.46. The van der Waals surface area contributed by atoms with Gasteiger partial charge in [-0.1, -0.05) is 24.3 Å². The Morgan fingerprint density at radius 1 is 1.05 bits per heavy atom. The van der Waals surface area contributed by atoms with E-state index >= 15 is 0 Å². The summed E-state index contributed by atoms with van der Waals surface area (Å²) in [6, 6.07) is 14.6. The van der Waals surface area contributed by atoms with Crippen LogP contribution in [0.3, 0.4) is 0 Å². The molecule has 10 heteroatoms. The SMILES string of the molecule is CC(C)O.COC(=O)Nc1ccc2c(c1)N(C(=O)CCN1CCN3CCCC3C1)c1ccccc1CC2.Cl.O. The summed E-state index contributed by atoms with van der Waals surface area (Å²) in [5, 5.41) is 10.8. The van der Waals surface area contributed by atoms with Gasteiger partial charge in [0.1, 0.15) is 0 Å². The van der Waals surface area contributed by atoms with Crippen LogP contribution in [0, 0.1) is 0 Å². The predicted molar refractivity (Wildman–Crippen MR) is 157 cm³/mol. The molecule has 0 radical (unpaired) electrons. The van der Waals surface area contributed by atoms with E-state index in [1.165, 1.54) is 32.1 Å². The van der Waals surface area contributed by atoms with Gasteiger partial charge in [0.25, 0.3) is 0 Å². The topological polar surface area (TPSA) is 117 Å². The third-order valence-corrected chi connectivity index (χ3v) is 7.22. The van der Waals surface area contributed by atoms with Crippen LogP contribution in [0.4, 0.5) is 21.9 Å². The monoisotopic (exact) mass is 562 g/mol. The van der Waals surface area contributed by atoms with Crippen LogP contribution in [0.15, 0.2) is 42.5 Å². The number of hydrogen-bond donors (Lipinski definition) is 2. The van der Waals surface area contributed by atoms with Gasteiger partial charge in [0, 0.05) is 50.4 Å². The van der Waals surface area contributed by atoms with E-state index < -0.39 is 6.09 Å². The molecule has 3 aliphatic rings. The van der Waals surface area contributed by atoms with E-state index in [1.807, 2.05) is 41.3 Å². The molecule has 216 valence electrons. The number of anilines is 3. The fourth-order valence-corrected chi connectivity index (χ4v) is 5.46. The number of halogens is 1. The van der Waals surface area contributed by atoms with Crippen LogP contribution < -0.4 is 10.2 Å². The van der Waals surface area contributed by atoms with Crippen LogP contribution in [-0.2, 0) is 22.4 Å². The zero-order chi connectivity index (χ0) is 26.4. The summed E-state index contributed by atoms with van der Waals surface area (Å²) in [5.74, 6) is 0.0923. The van der Waals surface area contributed by atoms with E-state index in [0.29, 0.717) is 18.2 Å². The van der Waals surface area contributed by atoms with Crippen molar-refractivity contribution in [2.75, 3.05) is 50.1 Å². The smallest absolute Gasteiger partial charge is 0.411 e. The van der Waals surface area contributed by atoms with Gasteiger partial charge < -0.3 is 15.3 Å². The zero-order valence-corrected chi connectivity index (χ0v) is 24.0. The number of aliphatic hydroxyl groups excluding tert-OH is 1. The number of benzene rings is 2. The first kappa shape index (κ1) is 32.5. The van der Waals surface area contributed by atoms with Gasteiger partial charge in [-0.15, -0.1) is 12.4 Å². The molecule has 2 amide bonds. The highest BCUT2D eigenvalue weighted by Gasteiger charge is 2.31. The van der Waals surface area contributed by atoms with Crippen LogP contribution in [0.1, 0.15) is 44.2 Å². The number of carbonyl (C=O) groups is 2. The molecule has 39 heavy (non-hydrogen) atoms. The highest BCUT2D eigenvalue weighted by Crippen LogP contribution is 2.38. The van der Waals surface area contributed by atoms with Crippen molar-refractivity contribution in [3.05, 3.63) is 53.6 Å². The van der Waals surface area contributed by atoms with Gasteiger partial charge in [-0.05, 0) is 75.4 Å². The van der Waals surface area contributed by atoms with Crippen molar-refractivity contribution in [3.8, 4) is 0 Å². The minimum Gasteiger partial charge on any atom is -0.453 e. The lowest BCUT2D eigenvalue weighted by Crippen LogP contribution is -2.50. The van der Waals surface area contributed by atoms with E-state index in [-0.39, 0.29) is 29.9 Å². The molecule has 2 aromatic rings. The number of nitrogens with one attached hydrogen (secondary N) is 1. The lowest BCUT2D eigenvalue weighted by Gasteiger charge is -2.37.